The molecule has 0 spiro atoms. The van der Waals surface area contributed by atoms with Gasteiger partial charge in [0.1, 0.15) is 5.69 Å². The zero-order valence-corrected chi connectivity index (χ0v) is 10.3. The smallest absolute Gasteiger partial charge is 0.337 e. The summed E-state index contributed by atoms with van der Waals surface area (Å²) in [5, 5.41) is 11.8. The number of amides is 1. The van der Waals surface area contributed by atoms with Crippen LogP contribution in [0.1, 0.15) is 52.2 Å². The van der Waals surface area contributed by atoms with Gasteiger partial charge in [0.05, 0.1) is 11.3 Å². The minimum absolute atomic E-state index is 0.132. The van der Waals surface area contributed by atoms with Crippen molar-refractivity contribution in [3.63, 3.8) is 0 Å². The molecule has 96 valence electrons. The van der Waals surface area contributed by atoms with E-state index in [9.17, 15) is 9.59 Å². The monoisotopic (exact) mass is 248 g/mol. The lowest BCUT2D eigenvalue weighted by atomic mass is 10.1. The first-order valence-electron chi connectivity index (χ1n) is 6.09. The van der Waals surface area contributed by atoms with Crippen LogP contribution in [-0.4, -0.2) is 28.0 Å². The summed E-state index contributed by atoms with van der Waals surface area (Å²) in [4.78, 5) is 26.8. The van der Waals surface area contributed by atoms with Crippen molar-refractivity contribution >= 4 is 11.9 Å². The second-order valence-corrected chi connectivity index (χ2v) is 4.59. The van der Waals surface area contributed by atoms with Crippen LogP contribution >= 0.6 is 0 Å². The number of carboxylic acid groups (broad SMARTS) is 1. The molecule has 2 N–H and O–H groups in total. The maximum Gasteiger partial charge on any atom is 0.337 e. The van der Waals surface area contributed by atoms with Crippen molar-refractivity contribution in [2.75, 3.05) is 0 Å². The minimum atomic E-state index is -1.03. The molecule has 0 aromatic carbocycles. The molecule has 0 saturated heterocycles. The zero-order valence-electron chi connectivity index (χ0n) is 10.3. The van der Waals surface area contributed by atoms with Crippen molar-refractivity contribution in [2.45, 2.75) is 38.6 Å². The third kappa shape index (κ3) is 2.67. The Hall–Kier alpha value is -1.91. The summed E-state index contributed by atoms with van der Waals surface area (Å²) in [6.45, 7) is 1.59. The lowest BCUT2D eigenvalue weighted by Crippen LogP contribution is -2.33. The number of carboxylic acids is 1. The fraction of sp³-hybridized carbons (Fsp3) is 0.462. The van der Waals surface area contributed by atoms with E-state index < -0.39 is 5.97 Å². The Morgan fingerprint density at radius 2 is 2.00 bits per heavy atom. The second kappa shape index (κ2) is 5.16. The van der Waals surface area contributed by atoms with Crippen molar-refractivity contribution in [1.29, 1.82) is 0 Å². The summed E-state index contributed by atoms with van der Waals surface area (Å²) in [5.74, 6) is -1.25. The number of aryl methyl sites for hydroxylation is 1. The molecule has 0 radical (unpaired) electrons. The van der Waals surface area contributed by atoms with Crippen LogP contribution in [0.15, 0.2) is 12.1 Å². The van der Waals surface area contributed by atoms with E-state index in [4.69, 9.17) is 5.11 Å². The van der Waals surface area contributed by atoms with Gasteiger partial charge < -0.3 is 10.4 Å². The molecule has 1 aromatic rings. The highest BCUT2D eigenvalue weighted by Crippen LogP contribution is 2.18. The number of aromatic carboxylic acids is 1. The first-order valence-corrected chi connectivity index (χ1v) is 6.09. The standard InChI is InChI=1S/C13H16N2O3/c1-8-10(13(17)18)6-7-11(14-8)12(16)15-9-4-2-3-5-9/h6-7,9H,2-5H2,1H3,(H,15,16)(H,17,18). The average Bonchev–Trinajstić information content (AvgIpc) is 2.81. The fourth-order valence-electron chi connectivity index (χ4n) is 2.24. The van der Waals surface area contributed by atoms with Crippen LogP contribution < -0.4 is 5.32 Å². The van der Waals surface area contributed by atoms with Crippen LogP contribution in [-0.2, 0) is 0 Å². The quantitative estimate of drug-likeness (QED) is 0.854. The predicted molar refractivity (Wildman–Crippen MR) is 65.7 cm³/mol. The Balaban J connectivity index is 2.10. The molecule has 2 rings (SSSR count). The third-order valence-electron chi connectivity index (χ3n) is 3.24. The summed E-state index contributed by atoms with van der Waals surface area (Å²) in [5.41, 5.74) is 0.776. The maximum atomic E-state index is 11.9. The Morgan fingerprint density at radius 3 is 2.56 bits per heavy atom. The number of carbonyl (C=O) groups is 2. The van der Waals surface area contributed by atoms with Gasteiger partial charge in [-0.05, 0) is 31.9 Å². The number of carbonyl (C=O) groups excluding carboxylic acids is 1. The van der Waals surface area contributed by atoms with E-state index in [1.165, 1.54) is 12.1 Å². The van der Waals surface area contributed by atoms with E-state index in [-0.39, 0.29) is 23.2 Å². The van der Waals surface area contributed by atoms with Crippen LogP contribution in [0, 0.1) is 6.92 Å². The molecule has 1 amide bonds. The number of hydrogen-bond acceptors (Lipinski definition) is 3. The van der Waals surface area contributed by atoms with Crippen molar-refractivity contribution in [3.05, 3.63) is 29.1 Å². The molecule has 5 nitrogen and oxygen atoms in total. The first-order chi connectivity index (χ1) is 8.58. The predicted octanol–water partition coefficient (Wildman–Crippen LogP) is 1.76. The molecule has 0 atom stereocenters. The number of rotatable bonds is 3. The van der Waals surface area contributed by atoms with Gasteiger partial charge in [0.15, 0.2) is 0 Å². The minimum Gasteiger partial charge on any atom is -0.478 e. The van der Waals surface area contributed by atoms with Crippen LogP contribution in [0.2, 0.25) is 0 Å². The van der Waals surface area contributed by atoms with E-state index in [2.05, 4.69) is 10.3 Å². The van der Waals surface area contributed by atoms with Gasteiger partial charge in [0, 0.05) is 6.04 Å². The largest absolute Gasteiger partial charge is 0.478 e. The Labute approximate surface area is 105 Å². The summed E-state index contributed by atoms with van der Waals surface area (Å²) >= 11 is 0. The average molecular weight is 248 g/mol. The summed E-state index contributed by atoms with van der Waals surface area (Å²) in [6.07, 6.45) is 4.32. The Kier molecular flexibility index (Phi) is 3.60. The highest BCUT2D eigenvalue weighted by atomic mass is 16.4. The lowest BCUT2D eigenvalue weighted by Gasteiger charge is -2.11. The molecule has 5 heteroatoms. The van der Waals surface area contributed by atoms with Gasteiger partial charge in [0.25, 0.3) is 5.91 Å². The van der Waals surface area contributed by atoms with Gasteiger partial charge in [-0.2, -0.15) is 0 Å². The molecule has 1 fully saturated rings. The lowest BCUT2D eigenvalue weighted by molar-refractivity contribution is 0.0694. The molecule has 1 aromatic heterocycles. The maximum absolute atomic E-state index is 11.9. The Bertz CT molecular complexity index is 479. The van der Waals surface area contributed by atoms with Crippen molar-refractivity contribution in [2.24, 2.45) is 0 Å². The highest BCUT2D eigenvalue weighted by molar-refractivity contribution is 5.94. The van der Waals surface area contributed by atoms with Gasteiger partial charge in [-0.25, -0.2) is 9.78 Å². The normalized spacial score (nSPS) is 15.6. The van der Waals surface area contributed by atoms with E-state index in [0.717, 1.165) is 25.7 Å². The zero-order chi connectivity index (χ0) is 13.1. The van der Waals surface area contributed by atoms with Crippen LogP contribution in [0.3, 0.4) is 0 Å². The number of aromatic nitrogens is 1. The molecular weight excluding hydrogens is 232 g/mol. The first kappa shape index (κ1) is 12.5. The topological polar surface area (TPSA) is 79.3 Å². The van der Waals surface area contributed by atoms with Crippen molar-refractivity contribution in [3.8, 4) is 0 Å². The number of nitrogens with one attached hydrogen (secondary N) is 1. The van der Waals surface area contributed by atoms with Crippen molar-refractivity contribution in [1.82, 2.24) is 10.3 Å². The SMILES string of the molecule is Cc1nc(C(=O)NC2CCCC2)ccc1C(=O)O. The summed E-state index contributed by atoms with van der Waals surface area (Å²) < 4.78 is 0. The second-order valence-electron chi connectivity index (χ2n) is 4.59. The van der Waals surface area contributed by atoms with Gasteiger partial charge >= 0.3 is 5.97 Å². The molecule has 1 saturated carbocycles. The summed E-state index contributed by atoms with van der Waals surface area (Å²) in [7, 11) is 0. The van der Waals surface area contributed by atoms with E-state index in [1.54, 1.807) is 6.92 Å². The molecule has 1 aliphatic rings. The Morgan fingerprint density at radius 1 is 1.33 bits per heavy atom. The van der Waals surface area contributed by atoms with Crippen LogP contribution in [0.5, 0.6) is 0 Å². The van der Waals surface area contributed by atoms with E-state index >= 15 is 0 Å². The van der Waals surface area contributed by atoms with Crippen LogP contribution in [0.4, 0.5) is 0 Å². The van der Waals surface area contributed by atoms with Gasteiger partial charge in [-0.3, -0.25) is 4.79 Å². The number of pyridine rings is 1. The third-order valence-corrected chi connectivity index (χ3v) is 3.24. The fourth-order valence-corrected chi connectivity index (χ4v) is 2.24. The van der Waals surface area contributed by atoms with Gasteiger partial charge in [0.2, 0.25) is 0 Å². The van der Waals surface area contributed by atoms with Gasteiger partial charge in [-0.15, -0.1) is 0 Å². The molecule has 0 unspecified atom stereocenters. The molecule has 1 heterocycles. The number of nitrogens with zero attached hydrogens (tertiary/aromatic N) is 1. The van der Waals surface area contributed by atoms with Crippen LogP contribution in [0.25, 0.3) is 0 Å². The van der Waals surface area contributed by atoms with Gasteiger partial charge in [-0.1, -0.05) is 12.8 Å². The molecule has 18 heavy (non-hydrogen) atoms. The molecule has 0 bridgehead atoms. The molecule has 0 aliphatic heterocycles. The molecular formula is C13H16N2O3. The van der Waals surface area contributed by atoms with E-state index in [1.807, 2.05) is 0 Å². The van der Waals surface area contributed by atoms with Crippen molar-refractivity contribution < 1.29 is 14.7 Å². The highest BCUT2D eigenvalue weighted by Gasteiger charge is 2.19. The number of hydrogen-bond donors (Lipinski definition) is 2. The molecule has 1 aliphatic carbocycles. The van der Waals surface area contributed by atoms with E-state index in [0.29, 0.717) is 5.69 Å². The summed E-state index contributed by atoms with van der Waals surface area (Å²) in [6, 6.07) is 3.12.